The molecule has 0 saturated carbocycles. The van der Waals surface area contributed by atoms with E-state index in [2.05, 4.69) is 0 Å². The summed E-state index contributed by atoms with van der Waals surface area (Å²) in [5.74, 6) is -1.92. The first-order chi connectivity index (χ1) is 9.25. The highest BCUT2D eigenvalue weighted by atomic mass is 16.4. The number of phenols is 2. The molecule has 2 rings (SSSR count). The maximum Gasteiger partial charge on any atom is 0.311 e. The zero-order valence-electron chi connectivity index (χ0n) is 11.3. The van der Waals surface area contributed by atoms with Crippen LogP contribution in [0.2, 0.25) is 0 Å². The van der Waals surface area contributed by atoms with Gasteiger partial charge in [0.05, 0.1) is 5.39 Å². The molecule has 2 aromatic rings. The van der Waals surface area contributed by atoms with E-state index in [4.69, 9.17) is 9.52 Å². The van der Waals surface area contributed by atoms with Crippen molar-refractivity contribution in [2.75, 3.05) is 0 Å². The van der Waals surface area contributed by atoms with Crippen LogP contribution < -0.4 is 0 Å². The molecule has 0 aliphatic carbocycles. The number of furan rings is 1. The number of Topliss-reactive ketones (excluding diaryl/α,β-unsaturated/α-hetero) is 1. The minimum Gasteiger partial charge on any atom is -0.507 e. The van der Waals surface area contributed by atoms with Crippen LogP contribution in [0.3, 0.4) is 0 Å². The molecule has 6 nitrogen and oxygen atoms in total. The van der Waals surface area contributed by atoms with Crippen molar-refractivity contribution in [3.63, 3.8) is 0 Å². The number of benzene rings is 1. The summed E-state index contributed by atoms with van der Waals surface area (Å²) in [4.78, 5) is 22.5. The van der Waals surface area contributed by atoms with Gasteiger partial charge < -0.3 is 19.7 Å². The molecule has 20 heavy (non-hydrogen) atoms. The van der Waals surface area contributed by atoms with Crippen LogP contribution in [0.15, 0.2) is 4.42 Å². The van der Waals surface area contributed by atoms with Crippen LogP contribution in [0, 0.1) is 13.8 Å². The lowest BCUT2D eigenvalue weighted by Crippen LogP contribution is -1.99. The normalized spacial score (nSPS) is 10.9. The smallest absolute Gasteiger partial charge is 0.311 e. The van der Waals surface area contributed by atoms with Crippen molar-refractivity contribution in [3.8, 4) is 11.5 Å². The van der Waals surface area contributed by atoms with E-state index in [1.807, 2.05) is 0 Å². The van der Waals surface area contributed by atoms with Gasteiger partial charge in [-0.1, -0.05) is 0 Å². The molecule has 0 amide bonds. The second-order valence-electron chi connectivity index (χ2n) is 4.68. The summed E-state index contributed by atoms with van der Waals surface area (Å²) in [6, 6.07) is 0. The minimum atomic E-state index is -1.09. The van der Waals surface area contributed by atoms with Gasteiger partial charge in [0.15, 0.2) is 11.4 Å². The molecule has 0 aliphatic heterocycles. The van der Waals surface area contributed by atoms with Gasteiger partial charge in [-0.3, -0.25) is 9.59 Å². The fraction of sp³-hybridized carbons (Fsp3) is 0.286. The van der Waals surface area contributed by atoms with Crippen molar-refractivity contribution in [2.24, 2.45) is 0 Å². The topological polar surface area (TPSA) is 108 Å². The number of carboxylic acids is 1. The second-order valence-corrected chi connectivity index (χ2v) is 4.68. The lowest BCUT2D eigenvalue weighted by molar-refractivity contribution is -0.136. The minimum absolute atomic E-state index is 0.0202. The monoisotopic (exact) mass is 278 g/mol. The summed E-state index contributed by atoms with van der Waals surface area (Å²) >= 11 is 0. The van der Waals surface area contributed by atoms with Gasteiger partial charge >= 0.3 is 5.97 Å². The zero-order valence-corrected chi connectivity index (χ0v) is 11.3. The molecule has 3 N–H and O–H groups in total. The Kier molecular flexibility index (Phi) is 3.17. The zero-order chi connectivity index (χ0) is 15.2. The summed E-state index contributed by atoms with van der Waals surface area (Å²) in [5.41, 5.74) is 0.584. The molecule has 0 atom stereocenters. The van der Waals surface area contributed by atoms with E-state index in [1.165, 1.54) is 13.8 Å². The molecule has 0 saturated heterocycles. The Morgan fingerprint density at radius 3 is 2.20 bits per heavy atom. The molecule has 1 heterocycles. The summed E-state index contributed by atoms with van der Waals surface area (Å²) in [6.45, 7) is 4.34. The molecule has 1 aromatic heterocycles. The Morgan fingerprint density at radius 1 is 1.10 bits per heavy atom. The highest BCUT2D eigenvalue weighted by Gasteiger charge is 2.26. The number of fused-ring (bicyclic) bond motifs is 1. The Balaban J connectivity index is 2.93. The van der Waals surface area contributed by atoms with Gasteiger partial charge in [0.25, 0.3) is 0 Å². The van der Waals surface area contributed by atoms with E-state index in [1.54, 1.807) is 6.92 Å². The van der Waals surface area contributed by atoms with Crippen molar-refractivity contribution < 1.29 is 29.3 Å². The number of phenolic OH excluding ortho intramolecular Hbond substituents is 2. The standard InChI is InChI=1S/C14H14O6/c1-5-8(4-9(16)17)20-14-10(5)12(18)6(2)13(19)11(14)7(3)15/h18-19H,4H2,1-3H3,(H,16,17). The van der Waals surface area contributed by atoms with E-state index in [0.29, 0.717) is 5.56 Å². The summed E-state index contributed by atoms with van der Waals surface area (Å²) < 4.78 is 5.40. The van der Waals surface area contributed by atoms with E-state index < -0.39 is 11.8 Å². The number of hydrogen-bond donors (Lipinski definition) is 3. The number of aryl methyl sites for hydroxylation is 1. The SMILES string of the molecule is CC(=O)c1c(O)c(C)c(O)c2c(C)c(CC(=O)O)oc12. The maximum absolute atomic E-state index is 11.7. The average molecular weight is 278 g/mol. The number of hydrogen-bond acceptors (Lipinski definition) is 5. The molecule has 6 heteroatoms. The lowest BCUT2D eigenvalue weighted by Gasteiger charge is -2.08. The van der Waals surface area contributed by atoms with E-state index in [-0.39, 0.29) is 45.8 Å². The fourth-order valence-corrected chi connectivity index (χ4v) is 2.25. The van der Waals surface area contributed by atoms with Crippen molar-refractivity contribution in [2.45, 2.75) is 27.2 Å². The number of carbonyl (C=O) groups is 2. The summed E-state index contributed by atoms with van der Waals surface area (Å²) in [5, 5.41) is 29.2. The van der Waals surface area contributed by atoms with E-state index in [0.717, 1.165) is 0 Å². The van der Waals surface area contributed by atoms with E-state index >= 15 is 0 Å². The molecular formula is C14H14O6. The van der Waals surface area contributed by atoms with Crippen LogP contribution >= 0.6 is 0 Å². The first kappa shape index (κ1) is 13.9. The third-order valence-electron chi connectivity index (χ3n) is 3.32. The van der Waals surface area contributed by atoms with Gasteiger partial charge in [-0.2, -0.15) is 0 Å². The van der Waals surface area contributed by atoms with Crippen molar-refractivity contribution in [1.29, 1.82) is 0 Å². The van der Waals surface area contributed by atoms with Crippen LogP contribution in [0.1, 0.15) is 34.2 Å². The van der Waals surface area contributed by atoms with Crippen molar-refractivity contribution >= 4 is 22.7 Å². The predicted molar refractivity (Wildman–Crippen MR) is 70.4 cm³/mol. The van der Waals surface area contributed by atoms with E-state index in [9.17, 15) is 19.8 Å². The largest absolute Gasteiger partial charge is 0.507 e. The molecule has 0 fully saturated rings. The predicted octanol–water partition coefficient (Wildman–Crippen LogP) is 2.29. The molecular weight excluding hydrogens is 264 g/mol. The van der Waals surface area contributed by atoms with Crippen LogP contribution in [0.25, 0.3) is 11.0 Å². The second kappa shape index (κ2) is 4.56. The van der Waals surface area contributed by atoms with Gasteiger partial charge in [-0.25, -0.2) is 0 Å². The van der Waals surface area contributed by atoms with Crippen molar-refractivity contribution in [1.82, 2.24) is 0 Å². The Bertz CT molecular complexity index is 738. The third-order valence-corrected chi connectivity index (χ3v) is 3.32. The fourth-order valence-electron chi connectivity index (χ4n) is 2.25. The van der Waals surface area contributed by atoms with Crippen LogP contribution in [0.5, 0.6) is 11.5 Å². The molecule has 0 spiro atoms. The quantitative estimate of drug-likeness (QED) is 0.743. The number of aliphatic carboxylic acids is 1. The molecule has 0 unspecified atom stereocenters. The molecule has 0 radical (unpaired) electrons. The number of ketones is 1. The van der Waals surface area contributed by atoms with Gasteiger partial charge in [-0.15, -0.1) is 0 Å². The van der Waals surface area contributed by atoms with Crippen LogP contribution in [-0.4, -0.2) is 27.1 Å². The first-order valence-electron chi connectivity index (χ1n) is 5.94. The Labute approximate surface area is 114 Å². The Hall–Kier alpha value is -2.50. The molecule has 0 aliphatic rings. The highest BCUT2D eigenvalue weighted by Crippen LogP contribution is 2.43. The highest BCUT2D eigenvalue weighted by molar-refractivity contribution is 6.10. The Morgan fingerprint density at radius 2 is 1.70 bits per heavy atom. The average Bonchev–Trinajstić information content (AvgIpc) is 2.63. The first-order valence-corrected chi connectivity index (χ1v) is 5.94. The lowest BCUT2D eigenvalue weighted by atomic mass is 9.99. The summed E-state index contributed by atoms with van der Waals surface area (Å²) in [7, 11) is 0. The third kappa shape index (κ3) is 1.89. The van der Waals surface area contributed by atoms with Crippen LogP contribution in [0.4, 0.5) is 0 Å². The number of aromatic hydroxyl groups is 2. The van der Waals surface area contributed by atoms with Gasteiger partial charge in [0.2, 0.25) is 0 Å². The van der Waals surface area contributed by atoms with Gasteiger partial charge in [-0.05, 0) is 20.8 Å². The number of carbonyl (C=O) groups excluding carboxylic acids is 1. The number of rotatable bonds is 3. The molecule has 0 bridgehead atoms. The molecule has 1 aromatic carbocycles. The van der Waals surface area contributed by atoms with Gasteiger partial charge in [0.1, 0.15) is 29.2 Å². The maximum atomic E-state index is 11.7. The number of carboxylic acid groups (broad SMARTS) is 1. The van der Waals surface area contributed by atoms with Crippen molar-refractivity contribution in [3.05, 3.63) is 22.5 Å². The van der Waals surface area contributed by atoms with Gasteiger partial charge in [0, 0.05) is 11.1 Å². The van der Waals surface area contributed by atoms with Crippen LogP contribution in [-0.2, 0) is 11.2 Å². The summed E-state index contributed by atoms with van der Waals surface area (Å²) in [6.07, 6.45) is -0.364. The molecule has 106 valence electrons.